The number of nitrogens with zero attached hydrogens (tertiary/aromatic N) is 2. The lowest BCUT2D eigenvalue weighted by atomic mass is 9.84. The molecular formula is C43H54N8O8. The first-order valence-corrected chi connectivity index (χ1v) is 19.6. The number of ether oxygens (including phenoxy) is 2. The van der Waals surface area contributed by atoms with Gasteiger partial charge in [-0.15, -0.1) is 0 Å². The Morgan fingerprint density at radius 2 is 1.10 bits per heavy atom. The van der Waals surface area contributed by atoms with E-state index in [1.807, 2.05) is 45.0 Å². The van der Waals surface area contributed by atoms with Gasteiger partial charge < -0.3 is 30.7 Å². The van der Waals surface area contributed by atoms with E-state index in [2.05, 4.69) is 31.2 Å². The van der Waals surface area contributed by atoms with Gasteiger partial charge in [0.25, 0.3) is 11.8 Å². The summed E-state index contributed by atoms with van der Waals surface area (Å²) in [6.07, 6.45) is 4.24. The van der Waals surface area contributed by atoms with Crippen LogP contribution in [0.5, 0.6) is 11.5 Å². The molecule has 16 heteroatoms. The summed E-state index contributed by atoms with van der Waals surface area (Å²) in [5.41, 5.74) is 7.79. The monoisotopic (exact) mass is 810 g/mol. The molecule has 6 rings (SSSR count). The number of piperidine rings is 2. The smallest absolute Gasteiger partial charge is 0.251 e. The molecule has 314 valence electrons. The molecule has 8 N–H and O–H groups in total. The summed E-state index contributed by atoms with van der Waals surface area (Å²) in [6.45, 7) is 9.42. The van der Waals surface area contributed by atoms with Crippen LogP contribution in [-0.4, -0.2) is 81.3 Å². The molecule has 4 heterocycles. The van der Waals surface area contributed by atoms with Gasteiger partial charge in [0.05, 0.1) is 23.9 Å². The second-order valence-corrected chi connectivity index (χ2v) is 15.0. The van der Waals surface area contributed by atoms with Crippen LogP contribution in [0.3, 0.4) is 0 Å². The number of hydrogen-bond donors (Lipinski definition) is 8. The normalized spacial score (nSPS) is 15.3. The van der Waals surface area contributed by atoms with Crippen LogP contribution in [0.4, 0.5) is 0 Å². The van der Waals surface area contributed by atoms with Crippen molar-refractivity contribution in [2.45, 2.75) is 83.6 Å². The van der Waals surface area contributed by atoms with E-state index in [9.17, 15) is 19.2 Å². The average Bonchev–Trinajstić information content (AvgIpc) is 3.23. The van der Waals surface area contributed by atoms with Crippen molar-refractivity contribution in [3.8, 4) is 11.5 Å². The number of amides is 4. The van der Waals surface area contributed by atoms with Crippen molar-refractivity contribution in [3.63, 3.8) is 0 Å². The molecule has 0 saturated carbocycles. The van der Waals surface area contributed by atoms with E-state index in [1.54, 1.807) is 65.7 Å². The van der Waals surface area contributed by atoms with Gasteiger partial charge in [-0.05, 0) is 145 Å². The van der Waals surface area contributed by atoms with Gasteiger partial charge in [0.2, 0.25) is 11.8 Å². The minimum absolute atomic E-state index is 0.0303. The largest absolute Gasteiger partial charge is 0.489 e. The third kappa shape index (κ3) is 13.3. The van der Waals surface area contributed by atoms with Crippen molar-refractivity contribution < 1.29 is 39.1 Å². The van der Waals surface area contributed by atoms with Crippen LogP contribution >= 0.6 is 0 Å². The van der Waals surface area contributed by atoms with Crippen molar-refractivity contribution >= 4 is 23.6 Å². The van der Waals surface area contributed by atoms with Gasteiger partial charge in [-0.25, -0.2) is 11.0 Å². The Kier molecular flexibility index (Phi) is 15.9. The SMILES string of the molecule is Cc1cc(COc2ccc(C(=O)NC3(CC(=O)NO)CCNCC3)cc2)cc(C)n1.Cc1ncccc1COc1ccc(C(=O)NC2(CC(=O)NO)CCNCC2)cc1. The summed E-state index contributed by atoms with van der Waals surface area (Å²) in [7, 11) is 0. The van der Waals surface area contributed by atoms with Crippen molar-refractivity contribution in [3.05, 3.63) is 118 Å². The lowest BCUT2D eigenvalue weighted by Crippen LogP contribution is -2.56. The quantitative estimate of drug-likeness (QED) is 0.0674. The molecule has 4 aromatic rings. The Hall–Kier alpha value is -5.94. The molecule has 0 bridgehead atoms. The standard InChI is InChI=1S/C22H28N4O4.C21H26N4O4/c1-15-11-17(12-16(2)24-15)14-30-19-5-3-18(4-6-19)21(28)25-22(13-20(27)26-29)7-9-23-10-8-22;1-15-17(3-2-10-23-15)14-29-18-6-4-16(5-7-18)20(27)24-21(13-19(26)25-28)8-11-22-12-9-21/h3-6,11-12,23,29H,7-10,13-14H2,1-2H3,(H,25,28)(H,26,27);2-7,10,22,28H,8-9,11-14H2,1H3,(H,24,27)(H,25,26). The van der Waals surface area contributed by atoms with Gasteiger partial charge in [-0.2, -0.15) is 0 Å². The average molecular weight is 811 g/mol. The Morgan fingerprint density at radius 1 is 0.661 bits per heavy atom. The van der Waals surface area contributed by atoms with Crippen molar-refractivity contribution in [1.29, 1.82) is 0 Å². The second kappa shape index (κ2) is 21.2. The van der Waals surface area contributed by atoms with E-state index in [-0.39, 0.29) is 24.7 Å². The number of carbonyl (C=O) groups excluding carboxylic acids is 4. The van der Waals surface area contributed by atoms with Crippen molar-refractivity contribution in [1.82, 2.24) is 42.2 Å². The topological polar surface area (TPSA) is 225 Å². The fraction of sp³-hybridized carbons (Fsp3) is 0.395. The maximum absolute atomic E-state index is 12.8. The molecule has 2 fully saturated rings. The highest BCUT2D eigenvalue weighted by Gasteiger charge is 2.37. The number of hydrogen-bond acceptors (Lipinski definition) is 12. The molecule has 0 spiro atoms. The minimum atomic E-state index is -0.679. The van der Waals surface area contributed by atoms with E-state index in [0.29, 0.717) is 87.7 Å². The highest BCUT2D eigenvalue weighted by atomic mass is 16.5. The lowest BCUT2D eigenvalue weighted by molar-refractivity contribution is -0.131. The summed E-state index contributed by atoms with van der Waals surface area (Å²) in [5, 5.41) is 30.2. The molecule has 4 amide bonds. The summed E-state index contributed by atoms with van der Waals surface area (Å²) < 4.78 is 11.6. The number of hydroxylamine groups is 2. The molecule has 2 aliphatic heterocycles. The molecule has 0 radical (unpaired) electrons. The van der Waals surface area contributed by atoms with E-state index in [1.165, 1.54) is 0 Å². The maximum Gasteiger partial charge on any atom is 0.251 e. The maximum atomic E-state index is 12.8. The van der Waals surface area contributed by atoms with Gasteiger partial charge in [0.15, 0.2) is 0 Å². The molecule has 2 aromatic heterocycles. The first kappa shape index (κ1) is 44.2. The van der Waals surface area contributed by atoms with Crippen LogP contribution in [0.2, 0.25) is 0 Å². The van der Waals surface area contributed by atoms with Crippen LogP contribution in [0.15, 0.2) is 79.0 Å². The van der Waals surface area contributed by atoms with E-state index < -0.39 is 22.9 Å². The van der Waals surface area contributed by atoms with E-state index in [4.69, 9.17) is 19.9 Å². The molecule has 59 heavy (non-hydrogen) atoms. The highest BCUT2D eigenvalue weighted by molar-refractivity contribution is 5.96. The molecule has 0 atom stereocenters. The van der Waals surface area contributed by atoms with Crippen LogP contribution in [0.1, 0.15) is 87.4 Å². The summed E-state index contributed by atoms with van der Waals surface area (Å²) >= 11 is 0. The lowest BCUT2D eigenvalue weighted by Gasteiger charge is -2.37. The molecule has 0 aliphatic carbocycles. The predicted molar refractivity (Wildman–Crippen MR) is 218 cm³/mol. The third-order valence-corrected chi connectivity index (χ3v) is 10.4. The van der Waals surface area contributed by atoms with Crippen molar-refractivity contribution in [2.75, 3.05) is 26.2 Å². The van der Waals surface area contributed by atoms with Crippen molar-refractivity contribution in [2.24, 2.45) is 0 Å². The molecule has 2 aromatic carbocycles. The number of rotatable bonds is 14. The van der Waals surface area contributed by atoms with E-state index >= 15 is 0 Å². The molecule has 2 aliphatic rings. The number of nitrogens with one attached hydrogen (secondary N) is 6. The van der Waals surface area contributed by atoms with Gasteiger partial charge in [-0.1, -0.05) is 6.07 Å². The molecule has 2 saturated heterocycles. The molecule has 0 unspecified atom stereocenters. The number of carbonyl (C=O) groups is 4. The summed E-state index contributed by atoms with van der Waals surface area (Å²) in [5.74, 6) is -0.220. The zero-order valence-electron chi connectivity index (χ0n) is 33.7. The van der Waals surface area contributed by atoms with Gasteiger partial charge in [0.1, 0.15) is 24.7 Å². The number of benzene rings is 2. The van der Waals surface area contributed by atoms with Crippen LogP contribution < -0.4 is 41.7 Å². The summed E-state index contributed by atoms with van der Waals surface area (Å²) in [6, 6.07) is 21.6. The number of aryl methyl sites for hydroxylation is 3. The number of pyridine rings is 2. The second-order valence-electron chi connectivity index (χ2n) is 15.0. The fourth-order valence-electron chi connectivity index (χ4n) is 7.23. The fourth-order valence-corrected chi connectivity index (χ4v) is 7.23. The first-order chi connectivity index (χ1) is 28.4. The van der Waals surface area contributed by atoms with Crippen LogP contribution in [-0.2, 0) is 22.8 Å². The van der Waals surface area contributed by atoms with Gasteiger partial charge in [-0.3, -0.25) is 39.6 Å². The van der Waals surface area contributed by atoms with Crippen LogP contribution in [0, 0.1) is 20.8 Å². The first-order valence-electron chi connectivity index (χ1n) is 19.6. The Bertz CT molecular complexity index is 2010. The number of aromatic nitrogens is 2. The predicted octanol–water partition coefficient (Wildman–Crippen LogP) is 3.74. The molecular weight excluding hydrogens is 757 g/mol. The zero-order valence-corrected chi connectivity index (χ0v) is 33.7. The Morgan fingerprint density at radius 3 is 1.53 bits per heavy atom. The van der Waals surface area contributed by atoms with Crippen LogP contribution in [0.25, 0.3) is 0 Å². The Balaban J connectivity index is 0.000000224. The Labute approximate surface area is 343 Å². The third-order valence-electron chi connectivity index (χ3n) is 10.4. The van der Waals surface area contributed by atoms with Gasteiger partial charge in [0, 0.05) is 40.0 Å². The minimum Gasteiger partial charge on any atom is -0.489 e. The molecule has 16 nitrogen and oxygen atoms in total. The zero-order chi connectivity index (χ0) is 42.3. The van der Waals surface area contributed by atoms with E-state index in [0.717, 1.165) is 28.2 Å². The highest BCUT2D eigenvalue weighted by Crippen LogP contribution is 2.25. The summed E-state index contributed by atoms with van der Waals surface area (Å²) in [4.78, 5) is 57.6. The van der Waals surface area contributed by atoms with Gasteiger partial charge >= 0.3 is 0 Å².